The Hall–Kier alpha value is -1.30. The van der Waals surface area contributed by atoms with E-state index in [-0.39, 0.29) is 17.8 Å². The van der Waals surface area contributed by atoms with Gasteiger partial charge in [-0.25, -0.2) is 4.63 Å². The van der Waals surface area contributed by atoms with Crippen molar-refractivity contribution in [2.24, 2.45) is 0 Å². The minimum atomic E-state index is -0.596. The lowest BCUT2D eigenvalue weighted by atomic mass is 10.3. The summed E-state index contributed by atoms with van der Waals surface area (Å²) in [6.07, 6.45) is -0.986. The zero-order chi connectivity index (χ0) is 9.14. The van der Waals surface area contributed by atoms with Gasteiger partial charge in [0.05, 0.1) is 6.10 Å². The van der Waals surface area contributed by atoms with Gasteiger partial charge in [-0.1, -0.05) is 0 Å². The first-order valence-electron chi connectivity index (χ1n) is 3.54. The Kier molecular flexibility index (Phi) is 2.49. The van der Waals surface area contributed by atoms with Crippen LogP contribution in [0.1, 0.15) is 13.8 Å². The fraction of sp³-hybridized carbons (Fsp3) is 0.667. The average molecular weight is 173 g/mol. The number of rotatable bonds is 3. The van der Waals surface area contributed by atoms with Crippen molar-refractivity contribution < 1.29 is 14.5 Å². The van der Waals surface area contributed by atoms with Crippen LogP contribution in [0, 0.1) is 0 Å². The van der Waals surface area contributed by atoms with Crippen molar-refractivity contribution in [1.29, 1.82) is 0 Å². The molecule has 1 aromatic rings. The molecule has 0 bridgehead atoms. The summed E-state index contributed by atoms with van der Waals surface area (Å²) >= 11 is 0. The third kappa shape index (κ3) is 1.85. The molecule has 1 aromatic heterocycles. The topological polar surface area (TPSA) is 94.4 Å². The molecule has 1 heterocycles. The molecule has 0 aliphatic rings. The van der Waals surface area contributed by atoms with E-state index in [0.717, 1.165) is 0 Å². The third-order valence-electron chi connectivity index (χ3n) is 1.46. The van der Waals surface area contributed by atoms with Crippen molar-refractivity contribution in [3.63, 3.8) is 0 Å². The molecule has 68 valence electrons. The number of hydrogen-bond acceptors (Lipinski definition) is 6. The highest BCUT2D eigenvalue weighted by atomic mass is 16.6. The Morgan fingerprint density at radius 3 is 2.58 bits per heavy atom. The van der Waals surface area contributed by atoms with Gasteiger partial charge in [-0.05, 0) is 24.2 Å². The maximum absolute atomic E-state index is 9.07. The molecule has 6 heteroatoms. The van der Waals surface area contributed by atoms with Crippen LogP contribution in [-0.4, -0.2) is 27.6 Å². The summed E-state index contributed by atoms with van der Waals surface area (Å²) in [6, 6.07) is 0. The van der Waals surface area contributed by atoms with Gasteiger partial charge in [-0.3, -0.25) is 0 Å². The first-order valence-corrected chi connectivity index (χ1v) is 3.54. The van der Waals surface area contributed by atoms with E-state index in [4.69, 9.17) is 15.6 Å². The molecule has 0 saturated carbocycles. The number of nitrogens with two attached hydrogens (primary N) is 1. The lowest BCUT2D eigenvalue weighted by molar-refractivity contribution is 0.0552. The van der Waals surface area contributed by atoms with Crippen LogP contribution in [0.2, 0.25) is 0 Å². The molecular weight excluding hydrogens is 162 g/mol. The van der Waals surface area contributed by atoms with E-state index in [2.05, 4.69) is 14.9 Å². The quantitative estimate of drug-likeness (QED) is 0.657. The molecule has 6 nitrogen and oxygen atoms in total. The monoisotopic (exact) mass is 173 g/mol. The Labute approximate surface area is 69.3 Å². The van der Waals surface area contributed by atoms with Gasteiger partial charge < -0.3 is 15.6 Å². The minimum absolute atomic E-state index is 0.0856. The second-order valence-corrected chi connectivity index (χ2v) is 2.52. The Morgan fingerprint density at radius 2 is 2.17 bits per heavy atom. The van der Waals surface area contributed by atoms with Crippen LogP contribution >= 0.6 is 0 Å². The van der Waals surface area contributed by atoms with E-state index in [1.807, 2.05) is 0 Å². The van der Waals surface area contributed by atoms with E-state index in [0.29, 0.717) is 0 Å². The van der Waals surface area contributed by atoms with E-state index in [1.54, 1.807) is 13.8 Å². The van der Waals surface area contributed by atoms with Gasteiger partial charge in [0.25, 0.3) is 0 Å². The minimum Gasteiger partial charge on any atom is -0.467 e. The highest BCUT2D eigenvalue weighted by molar-refractivity contribution is 5.36. The molecule has 12 heavy (non-hydrogen) atoms. The van der Waals surface area contributed by atoms with Crippen molar-refractivity contribution in [1.82, 2.24) is 10.3 Å². The van der Waals surface area contributed by atoms with E-state index >= 15 is 0 Å². The van der Waals surface area contributed by atoms with Crippen LogP contribution in [0.5, 0.6) is 5.88 Å². The molecule has 3 N–H and O–H groups in total. The van der Waals surface area contributed by atoms with Crippen LogP contribution in [0.3, 0.4) is 0 Å². The predicted octanol–water partition coefficient (Wildman–Crippen LogP) is -0.200. The number of nitrogen functional groups attached to an aromatic ring is 1. The average Bonchev–Trinajstić information content (AvgIpc) is 2.36. The normalized spacial score (nSPS) is 15.6. The molecule has 1 rings (SSSR count). The first-order chi connectivity index (χ1) is 5.61. The van der Waals surface area contributed by atoms with Crippen LogP contribution in [0.4, 0.5) is 5.82 Å². The number of aliphatic hydroxyl groups is 1. The lowest BCUT2D eigenvalue weighted by Crippen LogP contribution is -2.26. The van der Waals surface area contributed by atoms with Gasteiger partial charge in [0.15, 0.2) is 0 Å². The summed E-state index contributed by atoms with van der Waals surface area (Å²) in [4.78, 5) is 0. The van der Waals surface area contributed by atoms with Gasteiger partial charge >= 0.3 is 5.88 Å². The molecule has 0 radical (unpaired) electrons. The molecule has 0 saturated heterocycles. The molecule has 0 aromatic carbocycles. The van der Waals surface area contributed by atoms with Crippen LogP contribution < -0.4 is 10.5 Å². The fourth-order valence-electron chi connectivity index (χ4n) is 0.544. The predicted molar refractivity (Wildman–Crippen MR) is 40.5 cm³/mol. The number of anilines is 1. The number of aliphatic hydroxyl groups excluding tert-OH is 1. The van der Waals surface area contributed by atoms with Gasteiger partial charge in [0.2, 0.25) is 5.82 Å². The number of aromatic nitrogens is 2. The Morgan fingerprint density at radius 1 is 1.50 bits per heavy atom. The van der Waals surface area contributed by atoms with Crippen LogP contribution in [-0.2, 0) is 0 Å². The van der Waals surface area contributed by atoms with Crippen molar-refractivity contribution in [3.8, 4) is 5.88 Å². The summed E-state index contributed by atoms with van der Waals surface area (Å²) in [5.74, 6) is 0.200. The third-order valence-corrected chi connectivity index (χ3v) is 1.46. The Balaban J connectivity index is 2.58. The smallest absolute Gasteiger partial charge is 0.300 e. The number of nitrogens with zero attached hydrogens (tertiary/aromatic N) is 2. The second-order valence-electron chi connectivity index (χ2n) is 2.52. The molecule has 0 aliphatic carbocycles. The number of hydrogen-bond donors (Lipinski definition) is 2. The fourth-order valence-corrected chi connectivity index (χ4v) is 0.544. The van der Waals surface area contributed by atoms with Crippen molar-refractivity contribution >= 4 is 5.82 Å². The van der Waals surface area contributed by atoms with Gasteiger partial charge in [0, 0.05) is 0 Å². The van der Waals surface area contributed by atoms with Crippen molar-refractivity contribution in [3.05, 3.63) is 0 Å². The van der Waals surface area contributed by atoms with Crippen molar-refractivity contribution in [2.45, 2.75) is 26.1 Å². The molecule has 0 amide bonds. The number of ether oxygens (including phenoxy) is 1. The zero-order valence-corrected chi connectivity index (χ0v) is 6.89. The summed E-state index contributed by atoms with van der Waals surface area (Å²) in [7, 11) is 0. The molecule has 2 atom stereocenters. The highest BCUT2D eigenvalue weighted by Gasteiger charge is 2.15. The molecule has 2 unspecified atom stereocenters. The zero-order valence-electron chi connectivity index (χ0n) is 6.89. The standard InChI is InChI=1S/C6H11N3O3/c1-3(10)4(2)11-6-5(7)8-12-9-6/h3-4,10H,1-2H3,(H2,7,8). The summed E-state index contributed by atoms with van der Waals surface area (Å²) in [6.45, 7) is 3.30. The van der Waals surface area contributed by atoms with E-state index in [1.165, 1.54) is 0 Å². The van der Waals surface area contributed by atoms with Gasteiger partial charge in [-0.2, -0.15) is 0 Å². The van der Waals surface area contributed by atoms with Crippen LogP contribution in [0.15, 0.2) is 4.63 Å². The molecule has 0 fully saturated rings. The highest BCUT2D eigenvalue weighted by Crippen LogP contribution is 2.16. The largest absolute Gasteiger partial charge is 0.467 e. The lowest BCUT2D eigenvalue weighted by Gasteiger charge is -2.14. The SMILES string of the molecule is CC(O)C(C)Oc1nonc1N. The first kappa shape index (κ1) is 8.79. The maximum Gasteiger partial charge on any atom is 0.300 e. The summed E-state index contributed by atoms with van der Waals surface area (Å²) in [5, 5.41) is 15.8. The van der Waals surface area contributed by atoms with E-state index < -0.39 is 6.10 Å². The van der Waals surface area contributed by atoms with Gasteiger partial charge in [-0.15, -0.1) is 0 Å². The van der Waals surface area contributed by atoms with Crippen molar-refractivity contribution in [2.75, 3.05) is 5.73 Å². The van der Waals surface area contributed by atoms with Gasteiger partial charge in [0.1, 0.15) is 6.10 Å². The molecular formula is C6H11N3O3. The maximum atomic E-state index is 9.07. The molecule has 0 spiro atoms. The van der Waals surface area contributed by atoms with E-state index in [9.17, 15) is 0 Å². The molecule has 0 aliphatic heterocycles. The summed E-state index contributed by atoms with van der Waals surface area (Å²) in [5.41, 5.74) is 5.32. The summed E-state index contributed by atoms with van der Waals surface area (Å²) < 4.78 is 9.40. The Bertz CT molecular complexity index is 248. The van der Waals surface area contributed by atoms with Crippen LogP contribution in [0.25, 0.3) is 0 Å². The second kappa shape index (κ2) is 3.40.